The lowest BCUT2D eigenvalue weighted by molar-refractivity contribution is 0.729. The second kappa shape index (κ2) is 8.17. The normalized spacial score (nSPS) is 14.3. The minimum Gasteiger partial charge on any atom is -0.356 e. The van der Waals surface area contributed by atoms with Crippen LogP contribution in [0.1, 0.15) is 18.7 Å². The van der Waals surface area contributed by atoms with Crippen molar-refractivity contribution < 1.29 is 0 Å². The van der Waals surface area contributed by atoms with Crippen LogP contribution in [0.3, 0.4) is 0 Å². The summed E-state index contributed by atoms with van der Waals surface area (Å²) in [6, 6.07) is 10.2. The zero-order valence-corrected chi connectivity index (χ0v) is 15.0. The lowest BCUT2D eigenvalue weighted by atomic mass is 10.2. The Labute approximate surface area is 148 Å². The molecule has 6 heteroatoms. The second-order valence-corrected chi connectivity index (χ2v) is 5.36. The number of nitrogens with zero attached hydrogens (tertiary/aromatic N) is 2. The SMILES string of the molecule is CN=C(NCc1ncc(-c2ccccc2)[nH]1)NCC1CC1.I. The fourth-order valence-electron chi connectivity index (χ4n) is 2.17. The molecule has 1 heterocycles. The average Bonchev–Trinajstić information content (AvgIpc) is 3.24. The van der Waals surface area contributed by atoms with Crippen LogP contribution in [0.15, 0.2) is 41.5 Å². The van der Waals surface area contributed by atoms with Crippen LogP contribution in [0, 0.1) is 5.92 Å². The van der Waals surface area contributed by atoms with Gasteiger partial charge >= 0.3 is 0 Å². The molecule has 1 saturated carbocycles. The summed E-state index contributed by atoms with van der Waals surface area (Å²) in [4.78, 5) is 12.0. The summed E-state index contributed by atoms with van der Waals surface area (Å²) in [5, 5.41) is 6.62. The van der Waals surface area contributed by atoms with Gasteiger partial charge in [0.15, 0.2) is 5.96 Å². The van der Waals surface area contributed by atoms with E-state index in [0.717, 1.165) is 35.5 Å². The Bertz CT molecular complexity index is 604. The van der Waals surface area contributed by atoms with Crippen molar-refractivity contribution in [1.82, 2.24) is 20.6 Å². The van der Waals surface area contributed by atoms with Gasteiger partial charge in [-0.25, -0.2) is 4.98 Å². The van der Waals surface area contributed by atoms with Gasteiger partial charge in [-0.3, -0.25) is 4.99 Å². The highest BCUT2D eigenvalue weighted by Gasteiger charge is 2.21. The van der Waals surface area contributed by atoms with Gasteiger partial charge in [-0.1, -0.05) is 30.3 Å². The minimum atomic E-state index is 0. The first-order valence-electron chi connectivity index (χ1n) is 7.39. The molecule has 1 aromatic heterocycles. The number of benzene rings is 1. The van der Waals surface area contributed by atoms with Crippen LogP contribution in [-0.4, -0.2) is 29.5 Å². The number of hydrogen-bond acceptors (Lipinski definition) is 2. The zero-order valence-electron chi connectivity index (χ0n) is 12.7. The third-order valence-electron chi connectivity index (χ3n) is 3.62. The standard InChI is InChI=1S/C16H21N5.HI/c1-17-16(19-9-12-7-8-12)20-11-15-18-10-14(21-15)13-5-3-2-4-6-13;/h2-6,10,12H,7-9,11H2,1H3,(H,18,21)(H2,17,19,20);1H. The summed E-state index contributed by atoms with van der Waals surface area (Å²) in [5.74, 6) is 2.57. The first-order chi connectivity index (χ1) is 10.3. The number of nitrogens with one attached hydrogen (secondary N) is 3. The predicted molar refractivity (Wildman–Crippen MR) is 100 cm³/mol. The number of H-pyrrole nitrogens is 1. The summed E-state index contributed by atoms with van der Waals surface area (Å²) in [7, 11) is 1.79. The first kappa shape index (κ1) is 16.8. The molecule has 5 nitrogen and oxygen atoms in total. The minimum absolute atomic E-state index is 0. The molecule has 1 aliphatic rings. The van der Waals surface area contributed by atoms with Crippen LogP contribution in [0.5, 0.6) is 0 Å². The molecule has 0 spiro atoms. The van der Waals surface area contributed by atoms with Gasteiger partial charge < -0.3 is 15.6 Å². The molecule has 0 bridgehead atoms. The monoisotopic (exact) mass is 411 g/mol. The molecule has 0 radical (unpaired) electrons. The van der Waals surface area contributed by atoms with Gasteiger partial charge in [-0.2, -0.15) is 0 Å². The van der Waals surface area contributed by atoms with E-state index >= 15 is 0 Å². The molecule has 0 unspecified atom stereocenters. The van der Waals surface area contributed by atoms with Gasteiger partial charge in [-0.05, 0) is 24.3 Å². The van der Waals surface area contributed by atoms with Gasteiger partial charge in [0.1, 0.15) is 5.82 Å². The smallest absolute Gasteiger partial charge is 0.191 e. The quantitative estimate of drug-likeness (QED) is 0.403. The van der Waals surface area contributed by atoms with E-state index in [9.17, 15) is 0 Å². The summed E-state index contributed by atoms with van der Waals surface area (Å²) < 4.78 is 0. The maximum absolute atomic E-state index is 4.41. The molecule has 3 N–H and O–H groups in total. The molecule has 3 rings (SSSR count). The number of guanidine groups is 1. The number of aliphatic imine (C=N–C) groups is 1. The number of aromatic nitrogens is 2. The van der Waals surface area contributed by atoms with E-state index in [-0.39, 0.29) is 24.0 Å². The summed E-state index contributed by atoms with van der Waals surface area (Å²) >= 11 is 0. The van der Waals surface area contributed by atoms with Crippen LogP contribution in [0.4, 0.5) is 0 Å². The zero-order chi connectivity index (χ0) is 14.5. The first-order valence-corrected chi connectivity index (χ1v) is 7.39. The van der Waals surface area contributed by atoms with Crippen LogP contribution >= 0.6 is 24.0 Å². The van der Waals surface area contributed by atoms with Crippen molar-refractivity contribution in [3.63, 3.8) is 0 Å². The predicted octanol–water partition coefficient (Wildman–Crippen LogP) is 2.77. The Hall–Kier alpha value is -1.57. The Morgan fingerprint density at radius 2 is 2.05 bits per heavy atom. The molecule has 1 aliphatic carbocycles. The molecule has 0 atom stereocenters. The maximum Gasteiger partial charge on any atom is 0.191 e. The van der Waals surface area contributed by atoms with Crippen molar-refractivity contribution in [1.29, 1.82) is 0 Å². The van der Waals surface area contributed by atoms with E-state index in [4.69, 9.17) is 0 Å². The topological polar surface area (TPSA) is 65.1 Å². The summed E-state index contributed by atoms with van der Waals surface area (Å²) in [6.45, 7) is 1.64. The van der Waals surface area contributed by atoms with Crippen molar-refractivity contribution in [2.45, 2.75) is 19.4 Å². The van der Waals surface area contributed by atoms with Crippen molar-refractivity contribution in [3.8, 4) is 11.3 Å². The molecule has 118 valence electrons. The van der Waals surface area contributed by atoms with Crippen molar-refractivity contribution in [2.24, 2.45) is 10.9 Å². The largest absolute Gasteiger partial charge is 0.356 e. The van der Waals surface area contributed by atoms with Gasteiger partial charge in [0.05, 0.1) is 18.4 Å². The van der Waals surface area contributed by atoms with E-state index < -0.39 is 0 Å². The van der Waals surface area contributed by atoms with Crippen molar-refractivity contribution in [2.75, 3.05) is 13.6 Å². The number of imidazole rings is 1. The van der Waals surface area contributed by atoms with E-state index in [2.05, 4.69) is 37.7 Å². The third-order valence-corrected chi connectivity index (χ3v) is 3.62. The van der Waals surface area contributed by atoms with Crippen molar-refractivity contribution >= 4 is 29.9 Å². The van der Waals surface area contributed by atoms with Crippen LogP contribution in [0.25, 0.3) is 11.3 Å². The van der Waals surface area contributed by atoms with Gasteiger partial charge in [0, 0.05) is 13.6 Å². The highest BCUT2D eigenvalue weighted by molar-refractivity contribution is 14.0. The van der Waals surface area contributed by atoms with E-state index in [1.54, 1.807) is 7.05 Å². The molecule has 1 aromatic carbocycles. The highest BCUT2D eigenvalue weighted by Crippen LogP contribution is 2.27. The molecule has 22 heavy (non-hydrogen) atoms. The maximum atomic E-state index is 4.41. The Balaban J connectivity index is 0.00000176. The number of hydrogen-bond donors (Lipinski definition) is 3. The van der Waals surface area contributed by atoms with Gasteiger partial charge in [-0.15, -0.1) is 24.0 Å². The van der Waals surface area contributed by atoms with Crippen LogP contribution in [-0.2, 0) is 6.54 Å². The molecular formula is C16H22IN5. The average molecular weight is 411 g/mol. The summed E-state index contributed by atoms with van der Waals surface area (Å²) in [5.41, 5.74) is 2.18. The summed E-state index contributed by atoms with van der Waals surface area (Å²) in [6.07, 6.45) is 4.54. The molecule has 0 saturated heterocycles. The van der Waals surface area contributed by atoms with E-state index in [0.29, 0.717) is 6.54 Å². The molecule has 2 aromatic rings. The van der Waals surface area contributed by atoms with E-state index in [1.807, 2.05) is 24.4 Å². The fraction of sp³-hybridized carbons (Fsp3) is 0.375. The molecule has 1 fully saturated rings. The molecule has 0 amide bonds. The highest BCUT2D eigenvalue weighted by atomic mass is 127. The Morgan fingerprint density at radius 1 is 1.27 bits per heavy atom. The van der Waals surface area contributed by atoms with Gasteiger partial charge in [0.25, 0.3) is 0 Å². The second-order valence-electron chi connectivity index (χ2n) is 5.36. The lowest BCUT2D eigenvalue weighted by Gasteiger charge is -2.10. The molecule has 0 aliphatic heterocycles. The molecular weight excluding hydrogens is 389 g/mol. The fourth-order valence-corrected chi connectivity index (χ4v) is 2.17. The number of aromatic amines is 1. The lowest BCUT2D eigenvalue weighted by Crippen LogP contribution is -2.38. The Morgan fingerprint density at radius 3 is 2.73 bits per heavy atom. The van der Waals surface area contributed by atoms with Crippen LogP contribution in [0.2, 0.25) is 0 Å². The number of rotatable bonds is 5. The third kappa shape index (κ3) is 4.72. The van der Waals surface area contributed by atoms with Gasteiger partial charge in [0.2, 0.25) is 0 Å². The Kier molecular flexibility index (Phi) is 6.23. The number of halogens is 1. The van der Waals surface area contributed by atoms with E-state index in [1.165, 1.54) is 12.8 Å². The van der Waals surface area contributed by atoms with Crippen LogP contribution < -0.4 is 10.6 Å². The van der Waals surface area contributed by atoms with Crippen molar-refractivity contribution in [3.05, 3.63) is 42.4 Å².